The molecule has 12 heteroatoms. The van der Waals surface area contributed by atoms with Crippen LogP contribution >= 0.6 is 11.6 Å². The van der Waals surface area contributed by atoms with Gasteiger partial charge in [-0.05, 0) is 35.6 Å². The fourth-order valence-corrected chi connectivity index (χ4v) is 6.34. The van der Waals surface area contributed by atoms with Crippen molar-refractivity contribution in [1.29, 1.82) is 0 Å². The number of para-hydroxylation sites is 1. The van der Waals surface area contributed by atoms with Gasteiger partial charge in [-0.25, -0.2) is 0 Å². The Bertz CT molecular complexity index is 1660. The maximum atomic E-state index is 13.6. The number of benzene rings is 2. The van der Waals surface area contributed by atoms with E-state index < -0.39 is 5.92 Å². The molecule has 3 atom stereocenters. The normalized spacial score (nSPS) is 20.3. The van der Waals surface area contributed by atoms with Gasteiger partial charge < -0.3 is 25.4 Å². The van der Waals surface area contributed by atoms with Crippen molar-refractivity contribution in [3.63, 3.8) is 0 Å². The lowest BCUT2D eigenvalue weighted by atomic mass is 9.79. The number of halogens is 1. The van der Waals surface area contributed by atoms with Crippen molar-refractivity contribution in [2.75, 3.05) is 39.8 Å². The molecule has 2 aromatic carbocycles. The van der Waals surface area contributed by atoms with Gasteiger partial charge in [-0.2, -0.15) is 5.10 Å². The Balaban J connectivity index is 1.23. The Morgan fingerprint density at radius 1 is 1.00 bits per heavy atom. The van der Waals surface area contributed by atoms with E-state index in [-0.39, 0.29) is 55.0 Å². The maximum absolute atomic E-state index is 13.6. The number of rotatable bonds is 6. The van der Waals surface area contributed by atoms with E-state index in [4.69, 9.17) is 11.6 Å². The highest BCUT2D eigenvalue weighted by Crippen LogP contribution is 2.37. The predicted molar refractivity (Wildman–Crippen MR) is 153 cm³/mol. The van der Waals surface area contributed by atoms with Gasteiger partial charge in [0.15, 0.2) is 5.69 Å². The fraction of sp³-hybridized carbons (Fsp3) is 0.345. The molecular formula is C29H30ClN7O4. The molecule has 4 N–H and O–H groups in total. The second-order valence-electron chi connectivity index (χ2n) is 10.7. The van der Waals surface area contributed by atoms with Crippen LogP contribution in [0.25, 0.3) is 21.8 Å². The minimum absolute atomic E-state index is 0.0978. The summed E-state index contributed by atoms with van der Waals surface area (Å²) in [7, 11) is 1.50. The molecule has 2 fully saturated rings. The van der Waals surface area contributed by atoms with E-state index in [0.717, 1.165) is 27.4 Å². The van der Waals surface area contributed by atoms with E-state index >= 15 is 0 Å². The van der Waals surface area contributed by atoms with Crippen LogP contribution in [0, 0.1) is 17.8 Å². The molecule has 0 aliphatic carbocycles. The van der Waals surface area contributed by atoms with Gasteiger partial charge in [0, 0.05) is 60.7 Å². The van der Waals surface area contributed by atoms with Crippen molar-refractivity contribution >= 4 is 57.0 Å². The Hall–Kier alpha value is -4.38. The van der Waals surface area contributed by atoms with Crippen LogP contribution in [0.2, 0.25) is 5.02 Å². The summed E-state index contributed by atoms with van der Waals surface area (Å²) in [4.78, 5) is 59.0. The number of piperidine rings is 1. The standard InChI is InChI=1S/C29H30ClN7O4/c1-31-25(38)11-33-28(40)22-15-36(26(39)8-16-10-32-24-9-18(30)6-7-19(16)24)12-17-13-37(14-21(17)22)29(41)27-20-4-2-3-5-23(20)34-35-27/h2-7,9-10,17,21-22,32H,8,11-15H2,1H3,(H,31,38)(H,33,40)(H,34,35). The second kappa shape index (κ2) is 10.9. The van der Waals surface area contributed by atoms with Crippen molar-refractivity contribution in [2.24, 2.45) is 17.8 Å². The van der Waals surface area contributed by atoms with E-state index in [9.17, 15) is 19.2 Å². The Kier molecular flexibility index (Phi) is 7.12. The first kappa shape index (κ1) is 26.8. The first-order valence-electron chi connectivity index (χ1n) is 13.6. The van der Waals surface area contributed by atoms with Gasteiger partial charge >= 0.3 is 0 Å². The molecule has 11 nitrogen and oxygen atoms in total. The summed E-state index contributed by atoms with van der Waals surface area (Å²) < 4.78 is 0. The van der Waals surface area contributed by atoms with Crippen LogP contribution in [-0.4, -0.2) is 88.4 Å². The number of nitrogens with one attached hydrogen (secondary N) is 4. The molecule has 0 bridgehead atoms. The number of aromatic amines is 2. The zero-order chi connectivity index (χ0) is 28.7. The number of amides is 4. The number of hydrogen-bond donors (Lipinski definition) is 4. The number of carbonyl (C=O) groups is 4. The average molecular weight is 576 g/mol. The van der Waals surface area contributed by atoms with E-state index in [1.54, 1.807) is 15.9 Å². The molecule has 2 aliphatic heterocycles. The molecule has 2 aliphatic rings. The maximum Gasteiger partial charge on any atom is 0.275 e. The van der Waals surface area contributed by atoms with Crippen LogP contribution in [0.3, 0.4) is 0 Å². The number of carbonyl (C=O) groups excluding carboxylic acids is 4. The zero-order valence-corrected chi connectivity index (χ0v) is 23.2. The summed E-state index contributed by atoms with van der Waals surface area (Å²) in [6.07, 6.45) is 1.97. The first-order chi connectivity index (χ1) is 19.8. The van der Waals surface area contributed by atoms with Crippen LogP contribution in [0.4, 0.5) is 0 Å². The van der Waals surface area contributed by atoms with E-state index in [0.29, 0.717) is 30.4 Å². The SMILES string of the molecule is CNC(=O)CNC(=O)C1CN(C(=O)Cc2c[nH]c3cc(Cl)ccc23)CC2CN(C(=O)c3n[nH]c4ccccc34)CC21. The molecule has 2 saturated heterocycles. The molecule has 4 heterocycles. The smallest absolute Gasteiger partial charge is 0.275 e. The number of H-pyrrole nitrogens is 2. The molecule has 0 spiro atoms. The molecule has 4 amide bonds. The lowest BCUT2D eigenvalue weighted by Gasteiger charge is -2.39. The highest BCUT2D eigenvalue weighted by Gasteiger charge is 2.48. The quantitative estimate of drug-likeness (QED) is 0.278. The van der Waals surface area contributed by atoms with E-state index in [1.165, 1.54) is 7.05 Å². The summed E-state index contributed by atoms with van der Waals surface area (Å²) in [5.74, 6) is -1.76. The third kappa shape index (κ3) is 5.13. The summed E-state index contributed by atoms with van der Waals surface area (Å²) in [5.41, 5.74) is 2.81. The number of likely N-dealkylation sites (tertiary alicyclic amines) is 2. The van der Waals surface area contributed by atoms with Gasteiger partial charge in [-0.1, -0.05) is 35.9 Å². The lowest BCUT2D eigenvalue weighted by Crippen LogP contribution is -2.54. The molecule has 212 valence electrons. The van der Waals surface area contributed by atoms with Gasteiger partial charge in [-0.3, -0.25) is 24.3 Å². The van der Waals surface area contributed by atoms with Crippen LogP contribution in [-0.2, 0) is 20.8 Å². The van der Waals surface area contributed by atoms with Gasteiger partial charge in [-0.15, -0.1) is 0 Å². The van der Waals surface area contributed by atoms with Crippen LogP contribution in [0.5, 0.6) is 0 Å². The van der Waals surface area contributed by atoms with Gasteiger partial charge in [0.1, 0.15) is 0 Å². The van der Waals surface area contributed by atoms with E-state index in [2.05, 4.69) is 25.8 Å². The summed E-state index contributed by atoms with van der Waals surface area (Å²) in [6, 6.07) is 12.9. The van der Waals surface area contributed by atoms with Gasteiger partial charge in [0.25, 0.3) is 5.91 Å². The molecule has 2 aromatic heterocycles. The Morgan fingerprint density at radius 2 is 1.80 bits per heavy atom. The summed E-state index contributed by atoms with van der Waals surface area (Å²) in [5, 5.41) is 14.7. The third-order valence-electron chi connectivity index (χ3n) is 8.30. The molecule has 41 heavy (non-hydrogen) atoms. The van der Waals surface area contributed by atoms with Gasteiger partial charge in [0.2, 0.25) is 17.7 Å². The zero-order valence-electron chi connectivity index (χ0n) is 22.4. The monoisotopic (exact) mass is 575 g/mol. The summed E-state index contributed by atoms with van der Waals surface area (Å²) in [6.45, 7) is 1.26. The van der Waals surface area contributed by atoms with Crippen LogP contribution in [0.15, 0.2) is 48.7 Å². The molecule has 4 aromatic rings. The number of fused-ring (bicyclic) bond motifs is 3. The van der Waals surface area contributed by atoms with Crippen molar-refractivity contribution in [1.82, 2.24) is 35.6 Å². The van der Waals surface area contributed by atoms with Crippen molar-refractivity contribution < 1.29 is 19.2 Å². The number of aromatic nitrogens is 3. The van der Waals surface area contributed by atoms with Crippen molar-refractivity contribution in [2.45, 2.75) is 6.42 Å². The third-order valence-corrected chi connectivity index (χ3v) is 8.54. The van der Waals surface area contributed by atoms with E-state index in [1.807, 2.05) is 42.6 Å². The number of likely N-dealkylation sites (N-methyl/N-ethyl adjacent to an activating group) is 1. The second-order valence-corrected chi connectivity index (χ2v) is 11.2. The molecule has 3 unspecified atom stereocenters. The van der Waals surface area contributed by atoms with Crippen LogP contribution in [0.1, 0.15) is 16.1 Å². The first-order valence-corrected chi connectivity index (χ1v) is 13.9. The average Bonchev–Trinajstić information content (AvgIpc) is 3.71. The number of hydrogen-bond acceptors (Lipinski definition) is 5. The Labute approximate surface area is 240 Å². The van der Waals surface area contributed by atoms with Crippen molar-refractivity contribution in [3.05, 3.63) is 64.9 Å². The predicted octanol–water partition coefficient (Wildman–Crippen LogP) is 1.95. The molecular weight excluding hydrogens is 546 g/mol. The Morgan fingerprint density at radius 3 is 2.63 bits per heavy atom. The van der Waals surface area contributed by atoms with Gasteiger partial charge in [0.05, 0.1) is 24.4 Å². The lowest BCUT2D eigenvalue weighted by molar-refractivity contribution is -0.139. The highest BCUT2D eigenvalue weighted by atomic mass is 35.5. The minimum Gasteiger partial charge on any atom is -0.361 e. The fourth-order valence-electron chi connectivity index (χ4n) is 6.17. The largest absolute Gasteiger partial charge is 0.361 e. The van der Waals surface area contributed by atoms with Crippen LogP contribution < -0.4 is 10.6 Å². The highest BCUT2D eigenvalue weighted by molar-refractivity contribution is 6.31. The number of nitrogens with zero attached hydrogens (tertiary/aromatic N) is 3. The summed E-state index contributed by atoms with van der Waals surface area (Å²) >= 11 is 6.11. The minimum atomic E-state index is -0.571. The topological polar surface area (TPSA) is 143 Å². The molecule has 0 saturated carbocycles. The van der Waals surface area contributed by atoms with Crippen molar-refractivity contribution in [3.8, 4) is 0 Å². The molecule has 0 radical (unpaired) electrons. The molecule has 6 rings (SSSR count).